The fraction of sp³-hybridized carbons (Fsp3) is 0.333. The number of amides is 1. The van der Waals surface area contributed by atoms with Crippen LogP contribution in [0.25, 0.3) is 27.7 Å². The van der Waals surface area contributed by atoms with Gasteiger partial charge >= 0.3 is 0 Å². The molecule has 1 aliphatic carbocycles. The predicted molar refractivity (Wildman–Crippen MR) is 117 cm³/mol. The Balaban J connectivity index is 1.68. The van der Waals surface area contributed by atoms with Crippen molar-refractivity contribution in [3.63, 3.8) is 0 Å². The summed E-state index contributed by atoms with van der Waals surface area (Å²) in [7, 11) is 0. The third-order valence-electron chi connectivity index (χ3n) is 5.24. The van der Waals surface area contributed by atoms with Crippen LogP contribution >= 0.6 is 0 Å². The van der Waals surface area contributed by atoms with E-state index in [1.807, 2.05) is 32.0 Å². The molecule has 1 aromatic heterocycles. The van der Waals surface area contributed by atoms with Crippen molar-refractivity contribution >= 4 is 11.6 Å². The molecule has 0 fully saturated rings. The van der Waals surface area contributed by atoms with Crippen molar-refractivity contribution < 1.29 is 14.1 Å². The molecule has 0 aliphatic heterocycles. The average Bonchev–Trinajstić information content (AvgIpc) is 3.23. The summed E-state index contributed by atoms with van der Waals surface area (Å²) in [5.41, 5.74) is 4.23. The molecule has 1 aliphatic rings. The molecule has 0 unspecified atom stereocenters. The van der Waals surface area contributed by atoms with Crippen LogP contribution in [-0.4, -0.2) is 22.2 Å². The molecule has 2 aromatic carbocycles. The van der Waals surface area contributed by atoms with Crippen molar-refractivity contribution in [2.75, 3.05) is 0 Å². The molecule has 1 heterocycles. The number of fused-ring (bicyclic) bond motifs is 1. The Morgan fingerprint density at radius 1 is 1.32 bits per heavy atom. The van der Waals surface area contributed by atoms with Crippen LogP contribution in [0.3, 0.4) is 0 Å². The summed E-state index contributed by atoms with van der Waals surface area (Å²) in [4.78, 5) is 19.8. The Morgan fingerprint density at radius 2 is 2.16 bits per heavy atom. The number of nitrogens with zero attached hydrogens (tertiary/aromatic N) is 3. The van der Waals surface area contributed by atoms with E-state index in [2.05, 4.69) is 26.4 Å². The van der Waals surface area contributed by atoms with Crippen LogP contribution in [-0.2, 0) is 11.2 Å². The molecule has 158 valence electrons. The van der Waals surface area contributed by atoms with Crippen LogP contribution in [0.1, 0.15) is 50.8 Å². The number of nitrogens with one attached hydrogen (secondary N) is 1. The van der Waals surface area contributed by atoms with Crippen molar-refractivity contribution in [2.45, 2.75) is 52.2 Å². The summed E-state index contributed by atoms with van der Waals surface area (Å²) in [6.45, 7) is 12.8. The van der Waals surface area contributed by atoms with Gasteiger partial charge in [0.05, 0.1) is 18.7 Å². The van der Waals surface area contributed by atoms with Crippen LogP contribution in [0, 0.1) is 6.57 Å². The van der Waals surface area contributed by atoms with E-state index in [0.29, 0.717) is 28.7 Å². The molecular weight excluding hydrogens is 392 g/mol. The molecule has 0 saturated heterocycles. The lowest BCUT2D eigenvalue weighted by Gasteiger charge is -2.27. The van der Waals surface area contributed by atoms with Crippen LogP contribution in [0.2, 0.25) is 0 Å². The summed E-state index contributed by atoms with van der Waals surface area (Å²) in [6.07, 6.45) is 2.77. The Bertz CT molecular complexity index is 1160. The zero-order chi connectivity index (χ0) is 22.0. The number of rotatable bonds is 5. The van der Waals surface area contributed by atoms with Crippen molar-refractivity contribution in [1.29, 1.82) is 0 Å². The molecule has 4 rings (SSSR count). The van der Waals surface area contributed by atoms with Crippen molar-refractivity contribution in [2.24, 2.45) is 0 Å². The molecule has 7 nitrogen and oxygen atoms in total. The molecule has 0 saturated carbocycles. The van der Waals surface area contributed by atoms with Crippen molar-refractivity contribution in [3.8, 4) is 28.6 Å². The van der Waals surface area contributed by atoms with Gasteiger partial charge in [-0.15, -0.1) is 0 Å². The fourth-order valence-electron chi connectivity index (χ4n) is 3.99. The zero-order valence-corrected chi connectivity index (χ0v) is 17.8. The number of aromatic nitrogens is 2. The number of hydrogen-bond acceptors (Lipinski definition) is 5. The van der Waals surface area contributed by atoms with Gasteiger partial charge in [0.1, 0.15) is 5.75 Å². The van der Waals surface area contributed by atoms with Gasteiger partial charge in [0.25, 0.3) is 5.89 Å². The highest BCUT2D eigenvalue weighted by molar-refractivity contribution is 5.74. The van der Waals surface area contributed by atoms with Gasteiger partial charge in [0.2, 0.25) is 17.4 Å². The summed E-state index contributed by atoms with van der Waals surface area (Å²) < 4.78 is 11.2. The number of benzene rings is 2. The summed E-state index contributed by atoms with van der Waals surface area (Å²) in [5.74, 6) is 1.35. The molecule has 31 heavy (non-hydrogen) atoms. The first-order valence-electron chi connectivity index (χ1n) is 10.4. The first-order chi connectivity index (χ1) is 15.0. The maximum absolute atomic E-state index is 11.6. The standard InChI is InChI=1S/C24H24N4O3/c1-14(2)30-22-12-11-16(13-21(22)25-4)24-27-23(28-31-24)19-9-5-8-18-17(19)7-6-10-20(18)26-15(3)29/h5,8-9,11-14,20H,6-7,10H2,1-3H3,(H,26,29)/t20-/m1/s1. The second-order valence-corrected chi connectivity index (χ2v) is 7.90. The lowest BCUT2D eigenvalue weighted by Crippen LogP contribution is -2.29. The molecule has 0 bridgehead atoms. The second-order valence-electron chi connectivity index (χ2n) is 7.90. The van der Waals surface area contributed by atoms with Crippen LogP contribution in [0.5, 0.6) is 5.75 Å². The van der Waals surface area contributed by atoms with E-state index in [-0.39, 0.29) is 18.1 Å². The highest BCUT2D eigenvalue weighted by Gasteiger charge is 2.25. The van der Waals surface area contributed by atoms with E-state index < -0.39 is 0 Å². The molecule has 0 radical (unpaired) electrons. The SMILES string of the molecule is [C-]#[N+]c1cc(-c2nc(-c3cccc4c3CCC[C@H]4NC(C)=O)no2)ccc1OC(C)C. The molecule has 1 N–H and O–H groups in total. The van der Waals surface area contributed by atoms with E-state index in [1.165, 1.54) is 0 Å². The van der Waals surface area contributed by atoms with Gasteiger partial charge in [-0.2, -0.15) is 4.98 Å². The third-order valence-corrected chi connectivity index (χ3v) is 5.24. The van der Waals surface area contributed by atoms with E-state index in [0.717, 1.165) is 36.0 Å². The lowest BCUT2D eigenvalue weighted by molar-refractivity contribution is -0.119. The van der Waals surface area contributed by atoms with E-state index >= 15 is 0 Å². The number of carbonyl (C=O) groups excluding carboxylic acids is 1. The van der Waals surface area contributed by atoms with Gasteiger partial charge in [-0.25, -0.2) is 4.85 Å². The quantitative estimate of drug-likeness (QED) is 0.574. The van der Waals surface area contributed by atoms with E-state index in [4.69, 9.17) is 15.8 Å². The number of hydrogen-bond donors (Lipinski definition) is 1. The van der Waals surface area contributed by atoms with Crippen LogP contribution in [0.15, 0.2) is 40.9 Å². The molecular formula is C24H24N4O3. The Hall–Kier alpha value is -3.66. The minimum absolute atomic E-state index is 0.00213. The third kappa shape index (κ3) is 4.29. The van der Waals surface area contributed by atoms with Crippen LogP contribution < -0.4 is 10.1 Å². The normalized spacial score (nSPS) is 15.3. The van der Waals surface area contributed by atoms with Crippen molar-refractivity contribution in [1.82, 2.24) is 15.5 Å². The highest BCUT2D eigenvalue weighted by atomic mass is 16.5. The lowest BCUT2D eigenvalue weighted by atomic mass is 9.84. The summed E-state index contributed by atoms with van der Waals surface area (Å²) in [5, 5.41) is 7.24. The van der Waals surface area contributed by atoms with Gasteiger partial charge in [-0.3, -0.25) is 4.79 Å². The topological polar surface area (TPSA) is 81.6 Å². The van der Waals surface area contributed by atoms with Crippen LogP contribution in [0.4, 0.5) is 5.69 Å². The van der Waals surface area contributed by atoms with Gasteiger partial charge in [0.15, 0.2) is 0 Å². The molecule has 1 atom stereocenters. The minimum atomic E-state index is -0.0365. The fourth-order valence-corrected chi connectivity index (χ4v) is 3.99. The Kier molecular flexibility index (Phi) is 5.72. The summed E-state index contributed by atoms with van der Waals surface area (Å²) in [6, 6.07) is 11.3. The van der Waals surface area contributed by atoms with Gasteiger partial charge < -0.3 is 14.6 Å². The largest absolute Gasteiger partial charge is 0.502 e. The van der Waals surface area contributed by atoms with E-state index in [1.54, 1.807) is 19.1 Å². The maximum atomic E-state index is 11.6. The first kappa shape index (κ1) is 20.6. The smallest absolute Gasteiger partial charge is 0.256 e. The number of carbonyl (C=O) groups is 1. The summed E-state index contributed by atoms with van der Waals surface area (Å²) >= 11 is 0. The van der Waals surface area contributed by atoms with Crippen molar-refractivity contribution in [3.05, 3.63) is 58.9 Å². The Labute approximate surface area is 181 Å². The molecule has 1 amide bonds. The van der Waals surface area contributed by atoms with Gasteiger partial charge in [-0.05, 0) is 62.4 Å². The molecule has 3 aromatic rings. The highest BCUT2D eigenvalue weighted by Crippen LogP contribution is 2.37. The average molecular weight is 416 g/mol. The molecule has 7 heteroatoms. The molecule has 0 spiro atoms. The van der Waals surface area contributed by atoms with E-state index in [9.17, 15) is 4.79 Å². The van der Waals surface area contributed by atoms with Gasteiger partial charge in [0, 0.05) is 18.1 Å². The predicted octanol–water partition coefficient (Wildman–Crippen LogP) is 5.26. The minimum Gasteiger partial charge on any atom is -0.502 e. The monoisotopic (exact) mass is 416 g/mol. The number of ether oxygens (including phenoxy) is 1. The first-order valence-corrected chi connectivity index (χ1v) is 10.4. The maximum Gasteiger partial charge on any atom is 0.256 e. The zero-order valence-electron chi connectivity index (χ0n) is 17.8. The Morgan fingerprint density at radius 3 is 2.90 bits per heavy atom. The van der Waals surface area contributed by atoms with Gasteiger partial charge in [-0.1, -0.05) is 23.4 Å². The second kappa shape index (κ2) is 8.60.